The van der Waals surface area contributed by atoms with Crippen LogP contribution in [0.1, 0.15) is 42.1 Å². The number of carboxylic acids is 1. The maximum Gasteiger partial charge on any atom is 0.490 e. The third-order valence-electron chi connectivity index (χ3n) is 6.23. The van der Waals surface area contributed by atoms with Crippen molar-refractivity contribution < 1.29 is 27.9 Å². The number of carboxylic acid groups (broad SMARTS) is 1. The molecule has 0 saturated carbocycles. The van der Waals surface area contributed by atoms with Gasteiger partial charge in [0, 0.05) is 48.9 Å². The highest BCUT2D eigenvalue weighted by molar-refractivity contribution is 6.04. The minimum absolute atomic E-state index is 0.122. The van der Waals surface area contributed by atoms with Gasteiger partial charge in [-0.25, -0.2) is 4.79 Å². The number of anilines is 2. The van der Waals surface area contributed by atoms with Gasteiger partial charge in [-0.15, -0.1) is 0 Å². The Hall–Kier alpha value is -3.14. The standard InChI is InChI=1S/C22H28N4O.C2HF3O2/c1-16-13-19(25-12-9-20(15-25)26-11-4-5-17(26)2)7-8-21(16)24-22(27)18-6-3-10-23-14-18;3-2(4,5)1(6)7/h3,6-8,10,13-14,17,20H,4-5,9,11-12,15H2,1-2H3,(H,24,27);(H,6,7). The molecule has 1 aromatic heterocycles. The van der Waals surface area contributed by atoms with E-state index in [0.29, 0.717) is 11.6 Å². The molecule has 0 spiro atoms. The Labute approximate surface area is 196 Å². The van der Waals surface area contributed by atoms with Crippen LogP contribution in [-0.4, -0.2) is 64.8 Å². The average molecular weight is 479 g/mol. The summed E-state index contributed by atoms with van der Waals surface area (Å²) in [6.45, 7) is 7.87. The number of nitrogens with zero attached hydrogens (tertiary/aromatic N) is 3. The van der Waals surface area contributed by atoms with Crippen LogP contribution in [0.4, 0.5) is 24.5 Å². The van der Waals surface area contributed by atoms with E-state index >= 15 is 0 Å². The molecule has 0 bridgehead atoms. The van der Waals surface area contributed by atoms with Crippen molar-refractivity contribution in [1.82, 2.24) is 9.88 Å². The topological polar surface area (TPSA) is 85.8 Å². The highest BCUT2D eigenvalue weighted by Crippen LogP contribution is 2.30. The summed E-state index contributed by atoms with van der Waals surface area (Å²) in [5.74, 6) is -2.88. The Kier molecular flexibility index (Phi) is 8.14. The second kappa shape index (κ2) is 10.9. The highest BCUT2D eigenvalue weighted by atomic mass is 19.4. The van der Waals surface area contributed by atoms with Crippen LogP contribution in [0.2, 0.25) is 0 Å². The molecule has 34 heavy (non-hydrogen) atoms. The molecule has 2 N–H and O–H groups in total. The third kappa shape index (κ3) is 6.47. The van der Waals surface area contributed by atoms with E-state index in [0.717, 1.165) is 30.4 Å². The fourth-order valence-electron chi connectivity index (χ4n) is 4.42. The molecule has 4 rings (SSSR count). The smallest absolute Gasteiger partial charge is 0.475 e. The van der Waals surface area contributed by atoms with Crippen LogP contribution in [0.3, 0.4) is 0 Å². The molecule has 2 saturated heterocycles. The van der Waals surface area contributed by atoms with Gasteiger partial charge >= 0.3 is 12.1 Å². The number of hydrogen-bond acceptors (Lipinski definition) is 5. The van der Waals surface area contributed by atoms with Gasteiger partial charge in [0.1, 0.15) is 0 Å². The SMILES string of the molecule is Cc1cc(N2CCC(N3CCCC3C)C2)ccc1NC(=O)c1cccnc1.O=C(O)C(F)(F)F. The molecule has 1 aromatic carbocycles. The second-order valence-electron chi connectivity index (χ2n) is 8.62. The largest absolute Gasteiger partial charge is 0.490 e. The first-order valence-corrected chi connectivity index (χ1v) is 11.2. The van der Waals surface area contributed by atoms with Gasteiger partial charge in [0.25, 0.3) is 5.91 Å². The first-order chi connectivity index (χ1) is 16.1. The zero-order valence-corrected chi connectivity index (χ0v) is 19.2. The molecule has 7 nitrogen and oxygen atoms in total. The predicted octanol–water partition coefficient (Wildman–Crippen LogP) is 4.34. The predicted molar refractivity (Wildman–Crippen MR) is 123 cm³/mol. The number of alkyl halides is 3. The van der Waals surface area contributed by atoms with Crippen molar-refractivity contribution in [3.63, 3.8) is 0 Å². The first-order valence-electron chi connectivity index (χ1n) is 11.2. The lowest BCUT2D eigenvalue weighted by atomic mass is 10.1. The fourth-order valence-corrected chi connectivity index (χ4v) is 4.42. The number of amides is 1. The van der Waals surface area contributed by atoms with Crippen LogP contribution < -0.4 is 10.2 Å². The van der Waals surface area contributed by atoms with Gasteiger partial charge in [0.15, 0.2) is 0 Å². The Balaban J connectivity index is 0.000000406. The van der Waals surface area contributed by atoms with Gasteiger partial charge in [-0.1, -0.05) is 0 Å². The number of hydrogen-bond donors (Lipinski definition) is 2. The molecule has 1 amide bonds. The zero-order chi connectivity index (χ0) is 24.9. The molecule has 10 heteroatoms. The fraction of sp³-hybridized carbons (Fsp3) is 0.458. The monoisotopic (exact) mass is 478 g/mol. The average Bonchev–Trinajstić information content (AvgIpc) is 3.44. The molecule has 2 atom stereocenters. The van der Waals surface area contributed by atoms with Crippen molar-refractivity contribution in [2.24, 2.45) is 0 Å². The number of likely N-dealkylation sites (tertiary alicyclic amines) is 1. The van der Waals surface area contributed by atoms with Gasteiger partial charge in [0.05, 0.1) is 5.56 Å². The summed E-state index contributed by atoms with van der Waals surface area (Å²) in [5.41, 5.74) is 3.77. The Morgan fingerprint density at radius 3 is 2.47 bits per heavy atom. The van der Waals surface area contributed by atoms with E-state index in [1.165, 1.54) is 31.5 Å². The molecule has 3 heterocycles. The Morgan fingerprint density at radius 1 is 1.18 bits per heavy atom. The van der Waals surface area contributed by atoms with E-state index in [4.69, 9.17) is 9.90 Å². The van der Waals surface area contributed by atoms with Crippen molar-refractivity contribution in [1.29, 1.82) is 0 Å². The Bertz CT molecular complexity index is 1000. The van der Waals surface area contributed by atoms with Crippen LogP contribution >= 0.6 is 0 Å². The molecule has 2 aliphatic heterocycles. The molecule has 0 aliphatic carbocycles. The van der Waals surface area contributed by atoms with Crippen LogP contribution in [0.25, 0.3) is 0 Å². The summed E-state index contributed by atoms with van der Waals surface area (Å²) < 4.78 is 31.7. The number of aliphatic carboxylic acids is 1. The van der Waals surface area contributed by atoms with Crippen molar-refractivity contribution in [2.75, 3.05) is 29.9 Å². The van der Waals surface area contributed by atoms with Crippen molar-refractivity contribution in [3.8, 4) is 0 Å². The first kappa shape index (κ1) is 25.5. The quantitative estimate of drug-likeness (QED) is 0.680. The summed E-state index contributed by atoms with van der Waals surface area (Å²) in [5, 5.41) is 10.1. The number of carbonyl (C=O) groups excluding carboxylic acids is 1. The Morgan fingerprint density at radius 2 is 1.91 bits per heavy atom. The summed E-state index contributed by atoms with van der Waals surface area (Å²) in [6.07, 6.45) is 2.08. The number of rotatable bonds is 4. The number of pyridine rings is 1. The normalized spacial score (nSPS) is 20.6. The maximum absolute atomic E-state index is 12.4. The highest BCUT2D eigenvalue weighted by Gasteiger charge is 2.38. The van der Waals surface area contributed by atoms with Gasteiger partial charge in [-0.05, 0) is 75.5 Å². The number of aromatic nitrogens is 1. The summed E-state index contributed by atoms with van der Waals surface area (Å²) in [7, 11) is 0. The number of halogens is 3. The molecule has 184 valence electrons. The molecule has 2 aromatic rings. The van der Waals surface area contributed by atoms with Gasteiger partial charge in [-0.2, -0.15) is 13.2 Å². The van der Waals surface area contributed by atoms with Crippen LogP contribution in [0, 0.1) is 6.92 Å². The van der Waals surface area contributed by atoms with Crippen molar-refractivity contribution in [3.05, 3.63) is 53.9 Å². The molecule has 2 aliphatic rings. The van der Waals surface area contributed by atoms with Crippen molar-refractivity contribution in [2.45, 2.75) is 51.4 Å². The lowest BCUT2D eigenvalue weighted by Crippen LogP contribution is -2.39. The van der Waals surface area contributed by atoms with E-state index < -0.39 is 12.1 Å². The summed E-state index contributed by atoms with van der Waals surface area (Å²) >= 11 is 0. The lowest BCUT2D eigenvalue weighted by Gasteiger charge is -2.28. The maximum atomic E-state index is 12.4. The van der Waals surface area contributed by atoms with E-state index in [1.807, 2.05) is 6.07 Å². The van der Waals surface area contributed by atoms with E-state index in [2.05, 4.69) is 46.1 Å². The van der Waals surface area contributed by atoms with Gasteiger partial charge in [-0.3, -0.25) is 14.7 Å². The lowest BCUT2D eigenvalue weighted by molar-refractivity contribution is -0.192. The number of benzene rings is 1. The minimum atomic E-state index is -5.08. The number of carbonyl (C=O) groups is 2. The van der Waals surface area contributed by atoms with E-state index in [-0.39, 0.29) is 5.91 Å². The van der Waals surface area contributed by atoms with Gasteiger partial charge in [0.2, 0.25) is 0 Å². The summed E-state index contributed by atoms with van der Waals surface area (Å²) in [6, 6.07) is 11.3. The van der Waals surface area contributed by atoms with E-state index in [9.17, 15) is 18.0 Å². The van der Waals surface area contributed by atoms with Gasteiger partial charge < -0.3 is 15.3 Å². The molecular formula is C24H29F3N4O3. The molecule has 2 fully saturated rings. The molecule has 0 radical (unpaired) electrons. The van der Waals surface area contributed by atoms with Crippen LogP contribution in [0.15, 0.2) is 42.7 Å². The third-order valence-corrected chi connectivity index (χ3v) is 6.23. The van der Waals surface area contributed by atoms with Crippen LogP contribution in [0.5, 0.6) is 0 Å². The molecule has 2 unspecified atom stereocenters. The second-order valence-corrected chi connectivity index (χ2v) is 8.62. The van der Waals surface area contributed by atoms with E-state index in [1.54, 1.807) is 24.5 Å². The summed E-state index contributed by atoms with van der Waals surface area (Å²) in [4.78, 5) is 30.4. The molecular weight excluding hydrogens is 449 g/mol. The number of aryl methyl sites for hydroxylation is 1. The van der Waals surface area contributed by atoms with Crippen LogP contribution in [-0.2, 0) is 4.79 Å². The zero-order valence-electron chi connectivity index (χ0n) is 19.2. The van der Waals surface area contributed by atoms with Crippen molar-refractivity contribution >= 4 is 23.3 Å². The minimum Gasteiger partial charge on any atom is -0.475 e. The number of nitrogens with one attached hydrogen (secondary N) is 1.